The second kappa shape index (κ2) is 7.13. The first kappa shape index (κ1) is 17.7. The Bertz CT molecular complexity index is 1150. The molecule has 4 rings (SSSR count). The molecule has 0 atom stereocenters. The third kappa shape index (κ3) is 3.45. The number of thiophene rings is 1. The van der Waals surface area contributed by atoms with Crippen molar-refractivity contribution in [2.45, 2.75) is 23.8 Å². The Morgan fingerprint density at radius 1 is 1.19 bits per heavy atom. The monoisotopic (exact) mass is 395 g/mol. The van der Waals surface area contributed by atoms with Gasteiger partial charge in [0.2, 0.25) is 0 Å². The second-order valence-corrected chi connectivity index (χ2v) is 8.30. The van der Waals surface area contributed by atoms with Gasteiger partial charge in [0, 0.05) is 34.5 Å². The topological polar surface area (TPSA) is 72.7 Å². The maximum Gasteiger partial charge on any atom is 0.258 e. The molecule has 0 saturated carbocycles. The van der Waals surface area contributed by atoms with Crippen molar-refractivity contribution in [3.8, 4) is 0 Å². The third-order valence-corrected chi connectivity index (χ3v) is 6.42. The van der Waals surface area contributed by atoms with Crippen LogP contribution in [0.2, 0.25) is 0 Å². The highest BCUT2D eigenvalue weighted by atomic mass is 32.2. The highest BCUT2D eigenvalue weighted by molar-refractivity contribution is 7.99. The average Bonchev–Trinajstić information content (AvgIpc) is 3.19. The molecule has 0 unspecified atom stereocenters. The van der Waals surface area contributed by atoms with Gasteiger partial charge < -0.3 is 5.32 Å². The van der Waals surface area contributed by atoms with Gasteiger partial charge in [0.1, 0.15) is 16.2 Å². The fourth-order valence-corrected chi connectivity index (χ4v) is 4.88. The van der Waals surface area contributed by atoms with Crippen LogP contribution < -0.4 is 5.32 Å². The fourth-order valence-electron chi connectivity index (χ4n) is 2.74. The van der Waals surface area contributed by atoms with E-state index in [0.717, 1.165) is 20.1 Å². The summed E-state index contributed by atoms with van der Waals surface area (Å²) in [6, 6.07) is 9.28. The van der Waals surface area contributed by atoms with Crippen molar-refractivity contribution < 1.29 is 4.79 Å². The summed E-state index contributed by atoms with van der Waals surface area (Å²) in [4.78, 5) is 24.7. The number of hydrogen-bond donors (Lipinski definition) is 1. The normalized spacial score (nSPS) is 11.1. The van der Waals surface area contributed by atoms with Crippen LogP contribution in [0.25, 0.3) is 10.2 Å². The second-order valence-electron chi connectivity index (χ2n) is 6.07. The number of hydrogen-bond acceptors (Lipinski definition) is 6. The van der Waals surface area contributed by atoms with Crippen molar-refractivity contribution in [2.75, 3.05) is 5.32 Å². The smallest absolute Gasteiger partial charge is 0.258 e. The number of anilines is 1. The lowest BCUT2D eigenvalue weighted by Crippen LogP contribution is -2.13. The van der Waals surface area contributed by atoms with Gasteiger partial charge in [-0.3, -0.25) is 9.48 Å². The van der Waals surface area contributed by atoms with Crippen molar-refractivity contribution in [1.29, 1.82) is 0 Å². The highest BCUT2D eigenvalue weighted by Gasteiger charge is 2.17. The summed E-state index contributed by atoms with van der Waals surface area (Å²) in [6.45, 7) is 4.17. The van der Waals surface area contributed by atoms with E-state index in [4.69, 9.17) is 0 Å². The van der Waals surface area contributed by atoms with Crippen molar-refractivity contribution >= 4 is 45.0 Å². The molecule has 0 aliphatic heterocycles. The largest absolute Gasteiger partial charge is 0.305 e. The van der Waals surface area contributed by atoms with Gasteiger partial charge in [0.05, 0.1) is 5.56 Å². The van der Waals surface area contributed by atoms with Gasteiger partial charge in [0.15, 0.2) is 5.82 Å². The maximum absolute atomic E-state index is 12.8. The molecule has 1 amide bonds. The molecule has 1 N–H and O–H groups in total. The minimum absolute atomic E-state index is 0.194. The molecule has 0 spiro atoms. The number of benzene rings is 1. The van der Waals surface area contributed by atoms with Gasteiger partial charge in [-0.2, -0.15) is 5.10 Å². The van der Waals surface area contributed by atoms with E-state index >= 15 is 0 Å². The molecule has 136 valence electrons. The van der Waals surface area contributed by atoms with E-state index in [9.17, 15) is 4.79 Å². The van der Waals surface area contributed by atoms with Crippen LogP contribution in [-0.2, 0) is 7.05 Å². The molecule has 0 fully saturated rings. The summed E-state index contributed by atoms with van der Waals surface area (Å²) < 4.78 is 1.65. The van der Waals surface area contributed by atoms with Gasteiger partial charge in [-0.05, 0) is 31.5 Å². The number of fused-ring (bicyclic) bond motifs is 1. The number of carbonyl (C=O) groups is 1. The van der Waals surface area contributed by atoms with Gasteiger partial charge in [-0.15, -0.1) is 11.3 Å². The number of amides is 1. The molecule has 3 aromatic heterocycles. The van der Waals surface area contributed by atoms with E-state index in [1.807, 2.05) is 31.3 Å². The SMILES string of the molecule is Cc1sc2ncnc(Sc3ccccc3C(=O)Nc3ccn(C)n3)c2c1C. The Balaban J connectivity index is 1.69. The number of nitrogens with one attached hydrogen (secondary N) is 1. The van der Waals surface area contributed by atoms with Crippen LogP contribution in [0.3, 0.4) is 0 Å². The fraction of sp³-hybridized carbons (Fsp3) is 0.158. The molecule has 27 heavy (non-hydrogen) atoms. The maximum atomic E-state index is 12.8. The Hall–Kier alpha value is -2.71. The molecule has 0 aliphatic carbocycles. The summed E-state index contributed by atoms with van der Waals surface area (Å²) in [5.74, 6) is 0.330. The Morgan fingerprint density at radius 2 is 2.00 bits per heavy atom. The molecule has 1 aromatic carbocycles. The Labute approximate surface area is 164 Å². The zero-order valence-electron chi connectivity index (χ0n) is 15.1. The van der Waals surface area contributed by atoms with Gasteiger partial charge >= 0.3 is 0 Å². The van der Waals surface area contributed by atoms with Crippen LogP contribution in [0, 0.1) is 13.8 Å². The first-order chi connectivity index (χ1) is 13.0. The third-order valence-electron chi connectivity index (χ3n) is 4.22. The van der Waals surface area contributed by atoms with E-state index in [1.165, 1.54) is 22.2 Å². The lowest BCUT2D eigenvalue weighted by molar-refractivity contribution is 0.102. The van der Waals surface area contributed by atoms with Crippen LogP contribution >= 0.6 is 23.1 Å². The van der Waals surface area contributed by atoms with Crippen LogP contribution in [-0.4, -0.2) is 25.7 Å². The molecule has 4 aromatic rings. The van der Waals surface area contributed by atoms with Gasteiger partial charge in [0.25, 0.3) is 5.91 Å². The van der Waals surface area contributed by atoms with Crippen molar-refractivity contribution in [3.05, 3.63) is 58.9 Å². The molecule has 0 aliphatic rings. The van der Waals surface area contributed by atoms with E-state index in [1.54, 1.807) is 34.6 Å². The van der Waals surface area contributed by atoms with E-state index in [2.05, 4.69) is 34.2 Å². The number of rotatable bonds is 4. The molecule has 8 heteroatoms. The molecule has 6 nitrogen and oxygen atoms in total. The quantitative estimate of drug-likeness (QED) is 0.517. The summed E-state index contributed by atoms with van der Waals surface area (Å²) >= 11 is 3.15. The van der Waals surface area contributed by atoms with Gasteiger partial charge in [-0.25, -0.2) is 9.97 Å². The zero-order chi connectivity index (χ0) is 19.0. The van der Waals surface area contributed by atoms with E-state index in [-0.39, 0.29) is 5.91 Å². The number of aromatic nitrogens is 4. The standard InChI is InChI=1S/C19H17N5OS2/c1-11-12(2)26-18-16(11)19(21-10-20-18)27-14-7-5-4-6-13(14)17(25)22-15-8-9-24(3)23-15/h4-10H,1-3H3,(H,22,23,25). The summed E-state index contributed by atoms with van der Waals surface area (Å²) in [5, 5.41) is 8.97. The number of carbonyl (C=O) groups excluding carboxylic acids is 1. The molecular weight excluding hydrogens is 378 g/mol. The summed E-state index contributed by atoms with van der Waals surface area (Å²) in [6.07, 6.45) is 3.37. The summed E-state index contributed by atoms with van der Waals surface area (Å²) in [5.41, 5.74) is 1.78. The lowest BCUT2D eigenvalue weighted by Gasteiger charge is -2.09. The Kier molecular flexibility index (Phi) is 4.67. The van der Waals surface area contributed by atoms with Crippen LogP contribution in [0.5, 0.6) is 0 Å². The molecular formula is C19H17N5OS2. The predicted octanol–water partition coefficient (Wildman–Crippen LogP) is 4.45. The minimum atomic E-state index is -0.194. The number of aryl methyl sites for hydroxylation is 3. The van der Waals surface area contributed by atoms with Crippen molar-refractivity contribution in [3.63, 3.8) is 0 Å². The predicted molar refractivity (Wildman–Crippen MR) is 109 cm³/mol. The van der Waals surface area contributed by atoms with Crippen molar-refractivity contribution in [1.82, 2.24) is 19.7 Å². The molecule has 0 radical (unpaired) electrons. The van der Waals surface area contributed by atoms with Crippen LogP contribution in [0.1, 0.15) is 20.8 Å². The highest BCUT2D eigenvalue weighted by Crippen LogP contribution is 2.38. The minimum Gasteiger partial charge on any atom is -0.305 e. The first-order valence-corrected chi connectivity index (χ1v) is 9.95. The Morgan fingerprint density at radius 3 is 2.78 bits per heavy atom. The van der Waals surface area contributed by atoms with E-state index < -0.39 is 0 Å². The van der Waals surface area contributed by atoms with Crippen molar-refractivity contribution in [2.24, 2.45) is 7.05 Å². The first-order valence-electron chi connectivity index (χ1n) is 8.31. The van der Waals surface area contributed by atoms with Gasteiger partial charge in [-0.1, -0.05) is 23.9 Å². The van der Waals surface area contributed by atoms with E-state index in [0.29, 0.717) is 11.4 Å². The summed E-state index contributed by atoms with van der Waals surface area (Å²) in [7, 11) is 1.81. The lowest BCUT2D eigenvalue weighted by atomic mass is 10.2. The zero-order valence-corrected chi connectivity index (χ0v) is 16.7. The average molecular weight is 396 g/mol. The van der Waals surface area contributed by atoms with Crippen LogP contribution in [0.15, 0.2) is 52.8 Å². The molecule has 0 bridgehead atoms. The number of nitrogens with zero attached hydrogens (tertiary/aromatic N) is 4. The molecule has 0 saturated heterocycles. The molecule has 3 heterocycles. The van der Waals surface area contributed by atoms with Crippen LogP contribution in [0.4, 0.5) is 5.82 Å².